The quantitative estimate of drug-likeness (QED) is 0.820. The van der Waals surface area contributed by atoms with E-state index in [1.165, 1.54) is 0 Å². The second-order valence-electron chi connectivity index (χ2n) is 4.26. The summed E-state index contributed by atoms with van der Waals surface area (Å²) in [5, 5.41) is 2.85. The van der Waals surface area contributed by atoms with Gasteiger partial charge in [0.15, 0.2) is 0 Å². The molecule has 104 valence electrons. The van der Waals surface area contributed by atoms with Crippen molar-refractivity contribution in [3.63, 3.8) is 0 Å². The van der Waals surface area contributed by atoms with Crippen LogP contribution in [0, 0.1) is 0 Å². The fraction of sp³-hybridized carbons (Fsp3) is 0.267. The summed E-state index contributed by atoms with van der Waals surface area (Å²) in [4.78, 5) is 20.2. The highest BCUT2D eigenvalue weighted by Gasteiger charge is 2.13. The highest BCUT2D eigenvalue weighted by atomic mass is 16.5. The van der Waals surface area contributed by atoms with E-state index in [1.807, 2.05) is 0 Å². The molecule has 2 heterocycles. The molecule has 0 atom stereocenters. The molecular formula is C15H17N3O2. The van der Waals surface area contributed by atoms with Crippen LogP contribution in [-0.4, -0.2) is 22.4 Å². The third kappa shape index (κ3) is 3.78. The number of pyridine rings is 2. The zero-order chi connectivity index (χ0) is 14.2. The summed E-state index contributed by atoms with van der Waals surface area (Å²) in [6, 6.07) is 6.94. The maximum Gasteiger partial charge on any atom is 0.256 e. The summed E-state index contributed by atoms with van der Waals surface area (Å²) in [5.41, 5.74) is 0.424. The largest absolute Gasteiger partial charge is 0.437 e. The van der Waals surface area contributed by atoms with Gasteiger partial charge in [-0.3, -0.25) is 9.78 Å². The van der Waals surface area contributed by atoms with Crippen molar-refractivity contribution in [2.24, 2.45) is 0 Å². The van der Waals surface area contributed by atoms with Gasteiger partial charge in [-0.2, -0.15) is 0 Å². The number of hydrogen-bond acceptors (Lipinski definition) is 4. The Hall–Kier alpha value is -2.43. The van der Waals surface area contributed by atoms with Crippen LogP contribution in [0.5, 0.6) is 11.6 Å². The van der Waals surface area contributed by atoms with E-state index < -0.39 is 0 Å². The molecule has 0 unspecified atom stereocenters. The number of carbonyl (C=O) groups excluding carboxylic acids is 1. The van der Waals surface area contributed by atoms with Crippen LogP contribution in [0.4, 0.5) is 0 Å². The molecule has 0 radical (unpaired) electrons. The Labute approximate surface area is 118 Å². The lowest BCUT2D eigenvalue weighted by Crippen LogP contribution is -2.24. The lowest BCUT2D eigenvalue weighted by atomic mass is 10.2. The number of hydrogen-bond donors (Lipinski definition) is 1. The minimum absolute atomic E-state index is 0.176. The number of unbranched alkanes of at least 4 members (excludes halogenated alkanes) is 1. The monoisotopic (exact) mass is 271 g/mol. The van der Waals surface area contributed by atoms with Crippen LogP contribution in [0.25, 0.3) is 0 Å². The topological polar surface area (TPSA) is 64.1 Å². The number of aromatic nitrogens is 2. The fourth-order valence-electron chi connectivity index (χ4n) is 1.64. The molecule has 2 aromatic rings. The van der Waals surface area contributed by atoms with E-state index >= 15 is 0 Å². The van der Waals surface area contributed by atoms with E-state index in [-0.39, 0.29) is 11.8 Å². The SMILES string of the molecule is CCCCNC(=O)c1cccnc1Oc1cccnc1. The molecule has 0 spiro atoms. The molecule has 0 aliphatic carbocycles. The van der Waals surface area contributed by atoms with Crippen molar-refractivity contribution < 1.29 is 9.53 Å². The summed E-state index contributed by atoms with van der Waals surface area (Å²) in [6.07, 6.45) is 6.81. The highest BCUT2D eigenvalue weighted by Crippen LogP contribution is 2.21. The van der Waals surface area contributed by atoms with Gasteiger partial charge in [-0.25, -0.2) is 4.98 Å². The van der Waals surface area contributed by atoms with E-state index in [4.69, 9.17) is 4.74 Å². The van der Waals surface area contributed by atoms with Crippen molar-refractivity contribution >= 4 is 5.91 Å². The van der Waals surface area contributed by atoms with Gasteiger partial charge >= 0.3 is 0 Å². The first kappa shape index (κ1) is 14.0. The first-order valence-corrected chi connectivity index (χ1v) is 6.62. The third-order valence-electron chi connectivity index (χ3n) is 2.68. The maximum atomic E-state index is 12.1. The van der Waals surface area contributed by atoms with Crippen LogP contribution < -0.4 is 10.1 Å². The number of carbonyl (C=O) groups is 1. The number of ether oxygens (including phenoxy) is 1. The van der Waals surface area contributed by atoms with Crippen LogP contribution in [0.1, 0.15) is 30.1 Å². The van der Waals surface area contributed by atoms with Crippen molar-refractivity contribution in [2.75, 3.05) is 6.54 Å². The summed E-state index contributed by atoms with van der Waals surface area (Å²) in [6.45, 7) is 2.73. The van der Waals surface area contributed by atoms with Crippen LogP contribution in [0.2, 0.25) is 0 Å². The lowest BCUT2D eigenvalue weighted by molar-refractivity contribution is 0.0950. The predicted octanol–water partition coefficient (Wildman–Crippen LogP) is 2.80. The van der Waals surface area contributed by atoms with Crippen molar-refractivity contribution in [1.29, 1.82) is 0 Å². The molecule has 0 saturated heterocycles. The summed E-state index contributed by atoms with van der Waals surface area (Å²) < 4.78 is 5.60. The Kier molecular flexibility index (Phi) is 5.06. The van der Waals surface area contributed by atoms with E-state index in [1.54, 1.807) is 42.9 Å². The van der Waals surface area contributed by atoms with Crippen molar-refractivity contribution in [3.05, 3.63) is 48.4 Å². The molecule has 0 saturated carbocycles. The van der Waals surface area contributed by atoms with Gasteiger partial charge in [-0.1, -0.05) is 13.3 Å². The highest BCUT2D eigenvalue weighted by molar-refractivity contribution is 5.96. The van der Waals surface area contributed by atoms with Gasteiger partial charge in [0, 0.05) is 18.9 Å². The van der Waals surface area contributed by atoms with Gasteiger partial charge in [0.1, 0.15) is 11.3 Å². The van der Waals surface area contributed by atoms with Gasteiger partial charge in [-0.05, 0) is 30.7 Å². The van der Waals surface area contributed by atoms with E-state index in [2.05, 4.69) is 22.2 Å². The maximum absolute atomic E-state index is 12.1. The minimum atomic E-state index is -0.176. The van der Waals surface area contributed by atoms with E-state index in [0.29, 0.717) is 17.9 Å². The Morgan fingerprint density at radius 2 is 2.15 bits per heavy atom. The van der Waals surface area contributed by atoms with Crippen LogP contribution in [0.3, 0.4) is 0 Å². The number of amides is 1. The molecule has 2 rings (SSSR count). The molecule has 0 aromatic carbocycles. The van der Waals surface area contributed by atoms with Gasteiger partial charge in [-0.15, -0.1) is 0 Å². The molecule has 2 aromatic heterocycles. The third-order valence-corrected chi connectivity index (χ3v) is 2.68. The summed E-state index contributed by atoms with van der Waals surface area (Å²) in [5.74, 6) is 0.661. The van der Waals surface area contributed by atoms with Gasteiger partial charge in [0.05, 0.1) is 6.20 Å². The molecule has 5 heteroatoms. The van der Waals surface area contributed by atoms with Crippen LogP contribution in [0.15, 0.2) is 42.9 Å². The number of nitrogens with one attached hydrogen (secondary N) is 1. The normalized spacial score (nSPS) is 10.1. The molecule has 5 nitrogen and oxygen atoms in total. The van der Waals surface area contributed by atoms with Crippen molar-refractivity contribution in [2.45, 2.75) is 19.8 Å². The average molecular weight is 271 g/mol. The molecule has 1 amide bonds. The summed E-state index contributed by atoms with van der Waals surface area (Å²) >= 11 is 0. The lowest BCUT2D eigenvalue weighted by Gasteiger charge is -2.09. The predicted molar refractivity (Wildman–Crippen MR) is 75.8 cm³/mol. The Morgan fingerprint density at radius 1 is 1.30 bits per heavy atom. The Balaban J connectivity index is 2.11. The first-order valence-electron chi connectivity index (χ1n) is 6.62. The number of rotatable bonds is 6. The Morgan fingerprint density at radius 3 is 2.90 bits per heavy atom. The zero-order valence-corrected chi connectivity index (χ0v) is 11.4. The first-order chi connectivity index (χ1) is 9.81. The molecule has 20 heavy (non-hydrogen) atoms. The van der Waals surface area contributed by atoms with E-state index in [0.717, 1.165) is 12.8 Å². The summed E-state index contributed by atoms with van der Waals surface area (Å²) in [7, 11) is 0. The van der Waals surface area contributed by atoms with Crippen molar-refractivity contribution in [1.82, 2.24) is 15.3 Å². The molecule has 0 aliphatic heterocycles. The second kappa shape index (κ2) is 7.23. The minimum Gasteiger partial charge on any atom is -0.437 e. The fourth-order valence-corrected chi connectivity index (χ4v) is 1.64. The smallest absolute Gasteiger partial charge is 0.256 e. The molecule has 0 aliphatic rings. The zero-order valence-electron chi connectivity index (χ0n) is 11.4. The molecule has 1 N–H and O–H groups in total. The Bertz CT molecular complexity index is 558. The van der Waals surface area contributed by atoms with Crippen molar-refractivity contribution in [3.8, 4) is 11.6 Å². The van der Waals surface area contributed by atoms with Crippen LogP contribution in [-0.2, 0) is 0 Å². The molecule has 0 fully saturated rings. The van der Waals surface area contributed by atoms with E-state index in [9.17, 15) is 4.79 Å². The van der Waals surface area contributed by atoms with Gasteiger partial charge in [0.25, 0.3) is 5.91 Å². The second-order valence-corrected chi connectivity index (χ2v) is 4.26. The van der Waals surface area contributed by atoms with Gasteiger partial charge in [0.2, 0.25) is 5.88 Å². The standard InChI is InChI=1S/C15H17N3O2/c1-2-3-9-17-14(19)13-7-5-10-18-15(13)20-12-6-4-8-16-11-12/h4-8,10-11H,2-3,9H2,1H3,(H,17,19). The van der Waals surface area contributed by atoms with Gasteiger partial charge < -0.3 is 10.1 Å². The number of nitrogens with zero attached hydrogens (tertiary/aromatic N) is 2. The van der Waals surface area contributed by atoms with Crippen LogP contribution >= 0.6 is 0 Å². The average Bonchev–Trinajstić information content (AvgIpc) is 2.49. The molecule has 0 bridgehead atoms. The molecular weight excluding hydrogens is 254 g/mol.